The molecule has 1 atom stereocenters. The van der Waals surface area contributed by atoms with Crippen molar-refractivity contribution in [3.05, 3.63) is 11.3 Å². The average molecular weight is 268 g/mol. The van der Waals surface area contributed by atoms with Crippen LogP contribution in [0.25, 0.3) is 0 Å². The Morgan fingerprint density at radius 1 is 1.47 bits per heavy atom. The first-order valence-electron chi connectivity index (χ1n) is 6.84. The van der Waals surface area contributed by atoms with Gasteiger partial charge in [0.05, 0.1) is 17.7 Å². The molecule has 0 bridgehead atoms. The van der Waals surface area contributed by atoms with Gasteiger partial charge in [0.25, 0.3) is 0 Å². The summed E-state index contributed by atoms with van der Waals surface area (Å²) in [5.41, 5.74) is 1.25. The van der Waals surface area contributed by atoms with Crippen LogP contribution >= 0.6 is 0 Å². The molecule has 1 aliphatic rings. The standard InChI is InChI=1S/C14H24N2O3/c1-6-7-8-11-12(13(17)19-9(2)3)10(4)16(5)14(18)15-11/h9,11H,6-8H2,1-5H3,(H,15,18). The highest BCUT2D eigenvalue weighted by Crippen LogP contribution is 2.23. The number of unbranched alkanes of at least 4 members (excludes halogenated alkanes) is 1. The normalized spacial score (nSPS) is 19.8. The number of allylic oxidation sites excluding steroid dienone is 1. The van der Waals surface area contributed by atoms with Crippen LogP contribution in [0.1, 0.15) is 47.0 Å². The smallest absolute Gasteiger partial charge is 0.338 e. The molecule has 108 valence electrons. The van der Waals surface area contributed by atoms with Gasteiger partial charge < -0.3 is 15.0 Å². The second kappa shape index (κ2) is 6.59. The molecule has 0 aromatic heterocycles. The van der Waals surface area contributed by atoms with Crippen molar-refractivity contribution in [3.63, 3.8) is 0 Å². The first kappa shape index (κ1) is 15.5. The van der Waals surface area contributed by atoms with Crippen LogP contribution in [0.5, 0.6) is 0 Å². The molecule has 19 heavy (non-hydrogen) atoms. The van der Waals surface area contributed by atoms with E-state index in [4.69, 9.17) is 4.74 Å². The summed E-state index contributed by atoms with van der Waals surface area (Å²) in [7, 11) is 1.66. The highest BCUT2D eigenvalue weighted by Gasteiger charge is 2.33. The van der Waals surface area contributed by atoms with Gasteiger partial charge in [0.1, 0.15) is 0 Å². The van der Waals surface area contributed by atoms with Crippen molar-refractivity contribution in [1.82, 2.24) is 10.2 Å². The Kier molecular flexibility index (Phi) is 5.39. The topological polar surface area (TPSA) is 58.6 Å². The maximum Gasteiger partial charge on any atom is 0.338 e. The van der Waals surface area contributed by atoms with Gasteiger partial charge in [-0.15, -0.1) is 0 Å². The van der Waals surface area contributed by atoms with Gasteiger partial charge in [0.15, 0.2) is 0 Å². The van der Waals surface area contributed by atoms with E-state index < -0.39 is 0 Å². The zero-order valence-electron chi connectivity index (χ0n) is 12.4. The van der Waals surface area contributed by atoms with Gasteiger partial charge in [-0.2, -0.15) is 0 Å². The minimum atomic E-state index is -0.333. The summed E-state index contributed by atoms with van der Waals surface area (Å²) < 4.78 is 5.28. The third-order valence-corrected chi connectivity index (χ3v) is 3.25. The van der Waals surface area contributed by atoms with Crippen LogP contribution in [0, 0.1) is 0 Å². The first-order valence-corrected chi connectivity index (χ1v) is 6.84. The summed E-state index contributed by atoms with van der Waals surface area (Å²) in [5, 5.41) is 2.86. The van der Waals surface area contributed by atoms with Crippen molar-refractivity contribution in [2.75, 3.05) is 7.05 Å². The van der Waals surface area contributed by atoms with Crippen molar-refractivity contribution in [1.29, 1.82) is 0 Å². The molecule has 5 nitrogen and oxygen atoms in total. The molecule has 0 saturated carbocycles. The zero-order valence-corrected chi connectivity index (χ0v) is 12.4. The summed E-state index contributed by atoms with van der Waals surface area (Å²) in [6.45, 7) is 7.51. The minimum absolute atomic E-state index is 0.164. The van der Waals surface area contributed by atoms with E-state index in [9.17, 15) is 9.59 Å². The van der Waals surface area contributed by atoms with E-state index >= 15 is 0 Å². The van der Waals surface area contributed by atoms with Gasteiger partial charge in [0, 0.05) is 12.7 Å². The molecule has 0 fully saturated rings. The summed E-state index contributed by atoms with van der Waals surface area (Å²) in [4.78, 5) is 25.4. The van der Waals surface area contributed by atoms with Crippen LogP contribution in [0.15, 0.2) is 11.3 Å². The molecule has 0 spiro atoms. The number of ether oxygens (including phenoxy) is 1. The number of nitrogens with one attached hydrogen (secondary N) is 1. The predicted molar refractivity (Wildman–Crippen MR) is 73.5 cm³/mol. The van der Waals surface area contributed by atoms with Gasteiger partial charge in [-0.3, -0.25) is 0 Å². The van der Waals surface area contributed by atoms with Crippen molar-refractivity contribution < 1.29 is 14.3 Å². The van der Waals surface area contributed by atoms with E-state index in [0.717, 1.165) is 19.3 Å². The van der Waals surface area contributed by atoms with Crippen LogP contribution in [0.4, 0.5) is 4.79 Å². The number of hydrogen-bond donors (Lipinski definition) is 1. The Hall–Kier alpha value is -1.52. The number of carbonyl (C=O) groups is 2. The van der Waals surface area contributed by atoms with Gasteiger partial charge >= 0.3 is 12.0 Å². The fraction of sp³-hybridized carbons (Fsp3) is 0.714. The Bertz CT molecular complexity index is 388. The molecule has 1 N–H and O–H groups in total. The number of esters is 1. The van der Waals surface area contributed by atoms with E-state index in [1.807, 2.05) is 13.8 Å². The molecule has 0 aliphatic carbocycles. The van der Waals surface area contributed by atoms with E-state index in [-0.39, 0.29) is 24.1 Å². The first-order chi connectivity index (χ1) is 8.88. The Morgan fingerprint density at radius 2 is 2.11 bits per heavy atom. The third-order valence-electron chi connectivity index (χ3n) is 3.25. The number of carbonyl (C=O) groups excluding carboxylic acids is 2. The van der Waals surface area contributed by atoms with Crippen LogP contribution < -0.4 is 5.32 Å². The lowest BCUT2D eigenvalue weighted by Crippen LogP contribution is -2.50. The average Bonchev–Trinajstić information content (AvgIpc) is 2.32. The van der Waals surface area contributed by atoms with Gasteiger partial charge in [0.2, 0.25) is 0 Å². The van der Waals surface area contributed by atoms with E-state index in [1.165, 1.54) is 4.90 Å². The van der Waals surface area contributed by atoms with E-state index in [2.05, 4.69) is 12.2 Å². The second-order valence-electron chi connectivity index (χ2n) is 5.16. The van der Waals surface area contributed by atoms with Gasteiger partial charge in [-0.05, 0) is 27.2 Å². The van der Waals surface area contributed by atoms with E-state index in [1.54, 1.807) is 14.0 Å². The van der Waals surface area contributed by atoms with Gasteiger partial charge in [-0.1, -0.05) is 19.8 Å². The van der Waals surface area contributed by atoms with Crippen molar-refractivity contribution >= 4 is 12.0 Å². The summed E-state index contributed by atoms with van der Waals surface area (Å²) in [6.07, 6.45) is 2.58. The largest absolute Gasteiger partial charge is 0.460 e. The fourth-order valence-corrected chi connectivity index (χ4v) is 2.10. The molecule has 5 heteroatoms. The Morgan fingerprint density at radius 3 is 2.63 bits per heavy atom. The number of rotatable bonds is 5. The molecular weight excluding hydrogens is 244 g/mol. The molecule has 0 aromatic carbocycles. The summed E-state index contributed by atoms with van der Waals surface area (Å²) in [6, 6.07) is -0.408. The molecule has 1 heterocycles. The molecule has 1 unspecified atom stereocenters. The van der Waals surface area contributed by atoms with E-state index in [0.29, 0.717) is 11.3 Å². The van der Waals surface area contributed by atoms with Crippen molar-refractivity contribution in [3.8, 4) is 0 Å². The lowest BCUT2D eigenvalue weighted by Gasteiger charge is -2.33. The molecule has 1 aliphatic heterocycles. The van der Waals surface area contributed by atoms with Crippen molar-refractivity contribution in [2.45, 2.75) is 59.1 Å². The maximum absolute atomic E-state index is 12.2. The quantitative estimate of drug-likeness (QED) is 0.779. The maximum atomic E-state index is 12.2. The molecular formula is C14H24N2O3. The molecule has 1 rings (SSSR count). The highest BCUT2D eigenvalue weighted by atomic mass is 16.5. The number of hydrogen-bond acceptors (Lipinski definition) is 3. The summed E-state index contributed by atoms with van der Waals surface area (Å²) in [5.74, 6) is -0.333. The molecule has 0 radical (unpaired) electrons. The second-order valence-corrected chi connectivity index (χ2v) is 5.16. The molecule has 2 amide bonds. The monoisotopic (exact) mass is 268 g/mol. The Labute approximate surface area is 115 Å². The van der Waals surface area contributed by atoms with Gasteiger partial charge in [-0.25, -0.2) is 9.59 Å². The predicted octanol–water partition coefficient (Wildman–Crippen LogP) is 2.43. The van der Waals surface area contributed by atoms with Crippen LogP contribution in [0.2, 0.25) is 0 Å². The van der Waals surface area contributed by atoms with Crippen molar-refractivity contribution in [2.24, 2.45) is 0 Å². The SMILES string of the molecule is CCCCC1NC(=O)N(C)C(C)=C1C(=O)OC(C)C. The minimum Gasteiger partial charge on any atom is -0.460 e. The van der Waals surface area contributed by atoms with Crippen LogP contribution in [-0.2, 0) is 9.53 Å². The van der Waals surface area contributed by atoms with Crippen LogP contribution in [-0.4, -0.2) is 36.1 Å². The lowest BCUT2D eigenvalue weighted by atomic mass is 9.97. The lowest BCUT2D eigenvalue weighted by molar-refractivity contribution is -0.143. The summed E-state index contributed by atoms with van der Waals surface area (Å²) >= 11 is 0. The zero-order chi connectivity index (χ0) is 14.6. The number of amides is 2. The third kappa shape index (κ3) is 3.72. The highest BCUT2D eigenvalue weighted by molar-refractivity contribution is 5.94. The molecule has 0 saturated heterocycles. The Balaban J connectivity index is 3.01. The number of urea groups is 1. The number of nitrogens with zero attached hydrogens (tertiary/aromatic N) is 1. The van der Waals surface area contributed by atoms with Crippen LogP contribution in [0.3, 0.4) is 0 Å². The molecule has 0 aromatic rings. The fourth-order valence-electron chi connectivity index (χ4n) is 2.10.